The third-order valence-electron chi connectivity index (χ3n) is 7.64. The Bertz CT molecular complexity index is 556. The Morgan fingerprint density at radius 2 is 1.06 bits per heavy atom. The zero-order valence-corrected chi connectivity index (χ0v) is 23.8. The number of carbonyl (C=O) groups is 3. The van der Waals surface area contributed by atoms with Gasteiger partial charge in [-0.3, -0.25) is 14.4 Å². The Morgan fingerprint density at radius 1 is 0.639 bits per heavy atom. The minimum atomic E-state index is -0.832. The molecule has 212 valence electrons. The molecule has 0 saturated heterocycles. The second-order valence-electron chi connectivity index (χ2n) is 10.9. The number of esters is 1. The summed E-state index contributed by atoms with van der Waals surface area (Å²) in [4.78, 5) is 36.8. The highest BCUT2D eigenvalue weighted by molar-refractivity contribution is 5.71. The first kappa shape index (κ1) is 34.4. The van der Waals surface area contributed by atoms with Gasteiger partial charge in [0.25, 0.3) is 0 Å². The van der Waals surface area contributed by atoms with Gasteiger partial charge < -0.3 is 14.9 Å². The van der Waals surface area contributed by atoms with Crippen LogP contribution in [-0.4, -0.2) is 34.7 Å². The topological polar surface area (TPSA) is 101 Å². The van der Waals surface area contributed by atoms with Gasteiger partial charge in [-0.1, -0.05) is 105 Å². The minimum absolute atomic E-state index is 0.106. The summed E-state index contributed by atoms with van der Waals surface area (Å²) in [6, 6.07) is 0. The first-order valence-corrected chi connectivity index (χ1v) is 14.9. The monoisotopic (exact) mass is 512 g/mol. The Balaban J connectivity index is 5.45. The van der Waals surface area contributed by atoms with Gasteiger partial charge in [0.05, 0.1) is 18.4 Å². The number of hydrogen-bond donors (Lipinski definition) is 2. The van der Waals surface area contributed by atoms with Gasteiger partial charge in [0.15, 0.2) is 0 Å². The average Bonchev–Trinajstić information content (AvgIpc) is 2.85. The van der Waals surface area contributed by atoms with Gasteiger partial charge in [-0.25, -0.2) is 0 Å². The Hall–Kier alpha value is -1.59. The van der Waals surface area contributed by atoms with Gasteiger partial charge >= 0.3 is 17.9 Å². The number of hydrogen-bond acceptors (Lipinski definition) is 4. The van der Waals surface area contributed by atoms with Crippen LogP contribution < -0.4 is 0 Å². The maximum atomic E-state index is 12.5. The van der Waals surface area contributed by atoms with E-state index >= 15 is 0 Å². The summed E-state index contributed by atoms with van der Waals surface area (Å²) in [5.74, 6) is -3.02. The summed E-state index contributed by atoms with van der Waals surface area (Å²) >= 11 is 0. The molecule has 6 heteroatoms. The summed E-state index contributed by atoms with van der Waals surface area (Å²) in [7, 11) is 0. The quantitative estimate of drug-likeness (QED) is 0.0940. The zero-order valence-electron chi connectivity index (χ0n) is 23.8. The van der Waals surface area contributed by atoms with Crippen molar-refractivity contribution in [3.8, 4) is 0 Å². The van der Waals surface area contributed by atoms with E-state index in [1.807, 2.05) is 6.92 Å². The fraction of sp³-hybridized carbons (Fsp3) is 0.900. The summed E-state index contributed by atoms with van der Waals surface area (Å²) in [5.41, 5.74) is -0.639. The maximum absolute atomic E-state index is 12.5. The van der Waals surface area contributed by atoms with Crippen molar-refractivity contribution >= 4 is 17.9 Å². The lowest BCUT2D eigenvalue weighted by Crippen LogP contribution is -2.36. The summed E-state index contributed by atoms with van der Waals surface area (Å²) in [6.07, 6.45) is 16.1. The molecule has 0 radical (unpaired) electrons. The number of carbonyl (C=O) groups excluding carboxylic acids is 1. The molecule has 2 N–H and O–H groups in total. The molecule has 0 heterocycles. The van der Waals surface area contributed by atoms with E-state index in [2.05, 4.69) is 20.8 Å². The van der Waals surface area contributed by atoms with Gasteiger partial charge in [0.2, 0.25) is 0 Å². The maximum Gasteiger partial charge on any atom is 0.306 e. The van der Waals surface area contributed by atoms with E-state index in [0.717, 1.165) is 83.5 Å². The van der Waals surface area contributed by atoms with Crippen LogP contribution in [0.15, 0.2) is 0 Å². The Morgan fingerprint density at radius 3 is 1.44 bits per heavy atom. The molecular weight excluding hydrogens is 456 g/mol. The molecule has 0 spiro atoms. The van der Waals surface area contributed by atoms with Crippen molar-refractivity contribution in [3.63, 3.8) is 0 Å². The highest BCUT2D eigenvalue weighted by Gasteiger charge is 2.39. The SMILES string of the molecule is CCCCCCCC(=O)OCC(CC)(CC(CCCCCC)C(=O)O)CC(CCCCCC)C(=O)O. The minimum Gasteiger partial charge on any atom is -0.481 e. The molecule has 0 aliphatic carbocycles. The average molecular weight is 513 g/mol. The van der Waals surface area contributed by atoms with Crippen LogP contribution >= 0.6 is 0 Å². The lowest BCUT2D eigenvalue weighted by molar-refractivity contribution is -0.151. The van der Waals surface area contributed by atoms with Gasteiger partial charge in [0.1, 0.15) is 0 Å². The second kappa shape index (κ2) is 21.5. The molecule has 0 aromatic rings. The predicted molar refractivity (Wildman–Crippen MR) is 146 cm³/mol. The molecule has 2 atom stereocenters. The van der Waals surface area contributed by atoms with Crippen LogP contribution in [0.1, 0.15) is 150 Å². The van der Waals surface area contributed by atoms with Gasteiger partial charge in [-0.15, -0.1) is 0 Å². The van der Waals surface area contributed by atoms with Crippen LogP contribution in [0.2, 0.25) is 0 Å². The van der Waals surface area contributed by atoms with Crippen LogP contribution in [-0.2, 0) is 19.1 Å². The van der Waals surface area contributed by atoms with Crippen molar-refractivity contribution in [2.24, 2.45) is 17.3 Å². The van der Waals surface area contributed by atoms with Crippen LogP contribution in [0.3, 0.4) is 0 Å². The number of ether oxygens (including phenoxy) is 1. The lowest BCUT2D eigenvalue weighted by Gasteiger charge is -2.36. The van der Waals surface area contributed by atoms with E-state index in [1.54, 1.807) is 0 Å². The molecule has 0 rings (SSSR count). The summed E-state index contributed by atoms with van der Waals surface area (Å²) < 4.78 is 5.73. The molecule has 0 aliphatic heterocycles. The summed E-state index contributed by atoms with van der Waals surface area (Å²) in [6.45, 7) is 8.49. The lowest BCUT2D eigenvalue weighted by atomic mass is 9.70. The molecule has 2 unspecified atom stereocenters. The Kier molecular flexibility index (Phi) is 20.5. The first-order valence-electron chi connectivity index (χ1n) is 14.9. The molecule has 0 bridgehead atoms. The zero-order chi connectivity index (χ0) is 27.2. The van der Waals surface area contributed by atoms with E-state index in [-0.39, 0.29) is 12.6 Å². The van der Waals surface area contributed by atoms with E-state index in [0.29, 0.717) is 38.5 Å². The van der Waals surface area contributed by atoms with E-state index < -0.39 is 29.2 Å². The fourth-order valence-corrected chi connectivity index (χ4v) is 5.08. The van der Waals surface area contributed by atoms with Crippen LogP contribution in [0.25, 0.3) is 0 Å². The molecule has 36 heavy (non-hydrogen) atoms. The molecule has 0 amide bonds. The third kappa shape index (κ3) is 16.2. The summed E-state index contributed by atoms with van der Waals surface area (Å²) in [5, 5.41) is 19.9. The highest BCUT2D eigenvalue weighted by atomic mass is 16.5. The highest BCUT2D eigenvalue weighted by Crippen LogP contribution is 2.40. The molecule has 0 aromatic heterocycles. The molecule has 0 fully saturated rings. The van der Waals surface area contributed by atoms with E-state index in [1.165, 1.54) is 0 Å². The molecular formula is C30H56O6. The van der Waals surface area contributed by atoms with E-state index in [4.69, 9.17) is 4.74 Å². The largest absolute Gasteiger partial charge is 0.481 e. The van der Waals surface area contributed by atoms with Gasteiger partial charge in [-0.2, -0.15) is 0 Å². The molecule has 0 aromatic carbocycles. The van der Waals surface area contributed by atoms with Crippen LogP contribution in [0.5, 0.6) is 0 Å². The molecule has 0 saturated carbocycles. The third-order valence-corrected chi connectivity index (χ3v) is 7.64. The molecule has 6 nitrogen and oxygen atoms in total. The predicted octanol–water partition coefficient (Wildman–Crippen LogP) is 8.41. The fourth-order valence-electron chi connectivity index (χ4n) is 5.08. The first-order chi connectivity index (χ1) is 17.2. The number of aliphatic carboxylic acids is 2. The number of unbranched alkanes of at least 4 members (excludes halogenated alkanes) is 10. The second-order valence-corrected chi connectivity index (χ2v) is 10.9. The van der Waals surface area contributed by atoms with Crippen molar-refractivity contribution < 1.29 is 29.3 Å². The standard InChI is InChI=1S/C30H56O6/c1-5-9-12-15-18-21-27(31)36-24-30(8-4,22-25(28(32)33)19-16-13-10-6-2)23-26(29(34)35)20-17-14-11-7-3/h25-26H,5-24H2,1-4H3,(H,32,33)(H,34,35). The van der Waals surface area contributed by atoms with Crippen molar-refractivity contribution in [2.45, 2.75) is 150 Å². The number of rotatable bonds is 25. The van der Waals surface area contributed by atoms with Crippen LogP contribution in [0.4, 0.5) is 0 Å². The smallest absolute Gasteiger partial charge is 0.306 e. The van der Waals surface area contributed by atoms with E-state index in [9.17, 15) is 24.6 Å². The number of carboxylic acids is 2. The van der Waals surface area contributed by atoms with Crippen molar-refractivity contribution in [2.75, 3.05) is 6.61 Å². The van der Waals surface area contributed by atoms with Crippen LogP contribution in [0, 0.1) is 17.3 Å². The Labute approximate surface area is 221 Å². The van der Waals surface area contributed by atoms with Crippen molar-refractivity contribution in [3.05, 3.63) is 0 Å². The normalized spacial score (nSPS) is 14.7. The van der Waals surface area contributed by atoms with Gasteiger partial charge in [-0.05, 0) is 38.5 Å². The van der Waals surface area contributed by atoms with Crippen molar-refractivity contribution in [1.82, 2.24) is 0 Å². The molecule has 0 aliphatic rings. The van der Waals surface area contributed by atoms with Gasteiger partial charge in [0, 0.05) is 11.8 Å². The van der Waals surface area contributed by atoms with Crippen molar-refractivity contribution in [1.29, 1.82) is 0 Å². The number of carboxylic acid groups (broad SMARTS) is 2.